The third-order valence-electron chi connectivity index (χ3n) is 4.37. The molecule has 7 heteroatoms. The fourth-order valence-corrected chi connectivity index (χ4v) is 3.92. The summed E-state index contributed by atoms with van der Waals surface area (Å²) in [5.74, 6) is 0.634. The highest BCUT2D eigenvalue weighted by atomic mass is 32.2. The van der Waals surface area contributed by atoms with Crippen molar-refractivity contribution in [2.45, 2.75) is 30.7 Å². The zero-order chi connectivity index (χ0) is 18.7. The largest absolute Gasteiger partial charge is 0.309 e. The second-order valence-electron chi connectivity index (χ2n) is 6.63. The Hall–Kier alpha value is -2.09. The van der Waals surface area contributed by atoms with Crippen molar-refractivity contribution in [3.8, 4) is 0 Å². The normalized spacial score (nSPS) is 18.1. The van der Waals surface area contributed by atoms with E-state index in [1.54, 1.807) is 18.2 Å². The predicted octanol–water partition coefficient (Wildman–Crippen LogP) is 2.63. The van der Waals surface area contributed by atoms with Gasteiger partial charge in [-0.2, -0.15) is 0 Å². The van der Waals surface area contributed by atoms with Crippen LogP contribution in [0.5, 0.6) is 0 Å². The maximum Gasteiger partial charge on any atom is 0.242 e. The molecule has 0 saturated carbocycles. The van der Waals surface area contributed by atoms with Crippen LogP contribution in [0.2, 0.25) is 0 Å². The lowest BCUT2D eigenvalue weighted by Gasteiger charge is -2.11. The number of benzene rings is 1. The lowest BCUT2D eigenvalue weighted by molar-refractivity contribution is 0.520. The molecule has 2 aromatic rings. The highest BCUT2D eigenvalue weighted by Crippen LogP contribution is 2.22. The van der Waals surface area contributed by atoms with E-state index in [0.29, 0.717) is 5.82 Å². The van der Waals surface area contributed by atoms with Crippen molar-refractivity contribution in [3.63, 3.8) is 0 Å². The Labute approximate surface area is 155 Å². The van der Waals surface area contributed by atoms with Crippen LogP contribution in [-0.2, 0) is 10.0 Å². The smallest absolute Gasteiger partial charge is 0.242 e. The number of aryl methyl sites for hydroxylation is 1. The fraction of sp³-hybridized carbons (Fsp3) is 0.368. The Morgan fingerprint density at radius 3 is 2.69 bits per heavy atom. The molecule has 0 radical (unpaired) electrons. The van der Waals surface area contributed by atoms with Gasteiger partial charge in [-0.25, -0.2) is 22.7 Å². The van der Waals surface area contributed by atoms with Crippen LogP contribution >= 0.6 is 0 Å². The molecule has 2 heterocycles. The van der Waals surface area contributed by atoms with Gasteiger partial charge in [0.25, 0.3) is 0 Å². The molecule has 0 amide bonds. The molecule has 26 heavy (non-hydrogen) atoms. The van der Waals surface area contributed by atoms with Crippen molar-refractivity contribution >= 4 is 22.2 Å². The molecule has 1 aromatic heterocycles. The summed E-state index contributed by atoms with van der Waals surface area (Å²) >= 11 is 0. The van der Waals surface area contributed by atoms with E-state index in [1.165, 1.54) is 18.4 Å². The van der Waals surface area contributed by atoms with Gasteiger partial charge in [0.1, 0.15) is 0 Å². The van der Waals surface area contributed by atoms with Gasteiger partial charge >= 0.3 is 0 Å². The van der Waals surface area contributed by atoms with Gasteiger partial charge in [0.05, 0.1) is 10.6 Å². The molecular formula is C19H24N4O2S. The number of hydrogen-bond acceptors (Lipinski definition) is 5. The van der Waals surface area contributed by atoms with Crippen LogP contribution in [-0.4, -0.2) is 43.3 Å². The molecule has 1 aliphatic rings. The minimum absolute atomic E-state index is 0.269. The Bertz CT molecular complexity index is 917. The molecule has 1 saturated heterocycles. The van der Waals surface area contributed by atoms with E-state index in [-0.39, 0.29) is 10.9 Å². The maximum atomic E-state index is 12.3. The Balaban J connectivity index is 1.86. The second-order valence-corrected chi connectivity index (χ2v) is 8.79. The Morgan fingerprint density at radius 1 is 1.19 bits per heavy atom. The topological polar surface area (TPSA) is 75.2 Å². The van der Waals surface area contributed by atoms with E-state index >= 15 is 0 Å². The summed E-state index contributed by atoms with van der Waals surface area (Å²) in [4.78, 5) is 9.38. The number of nitrogens with zero attached hydrogens (tertiary/aromatic N) is 3. The summed E-state index contributed by atoms with van der Waals surface area (Å²) in [6, 6.07) is 9.16. The lowest BCUT2D eigenvalue weighted by Crippen LogP contribution is -2.22. The SMILES string of the molecule is Cc1cc(C2CCCN2)nc(C=Cc2cccc(S(=O)(=O)N(C)C)c2)n1. The number of nitrogens with one attached hydrogen (secondary N) is 1. The fourth-order valence-electron chi connectivity index (χ4n) is 2.97. The minimum atomic E-state index is -3.45. The standard InChI is InChI=1S/C19H24N4O2S/c1-14-12-18(17-8-5-11-20-17)22-19(21-14)10-9-15-6-4-7-16(13-15)26(24,25)23(2)3/h4,6-7,9-10,12-13,17,20H,5,8,11H2,1-3H3. The maximum absolute atomic E-state index is 12.3. The van der Waals surface area contributed by atoms with Crippen LogP contribution in [0.4, 0.5) is 0 Å². The van der Waals surface area contributed by atoms with E-state index in [2.05, 4.69) is 15.3 Å². The van der Waals surface area contributed by atoms with E-state index < -0.39 is 10.0 Å². The monoisotopic (exact) mass is 372 g/mol. The van der Waals surface area contributed by atoms with Crippen molar-refractivity contribution in [2.75, 3.05) is 20.6 Å². The average molecular weight is 372 g/mol. The molecule has 1 atom stereocenters. The van der Waals surface area contributed by atoms with Crippen molar-refractivity contribution in [2.24, 2.45) is 0 Å². The van der Waals surface area contributed by atoms with E-state index in [1.807, 2.05) is 31.2 Å². The molecular weight excluding hydrogens is 348 g/mol. The molecule has 3 rings (SSSR count). The summed E-state index contributed by atoms with van der Waals surface area (Å²) in [6.07, 6.45) is 5.91. The highest BCUT2D eigenvalue weighted by molar-refractivity contribution is 7.89. The predicted molar refractivity (Wildman–Crippen MR) is 103 cm³/mol. The van der Waals surface area contributed by atoms with Gasteiger partial charge in [-0.15, -0.1) is 0 Å². The molecule has 1 aromatic carbocycles. The summed E-state index contributed by atoms with van der Waals surface area (Å²) in [5.41, 5.74) is 2.73. The van der Waals surface area contributed by atoms with Crippen LogP contribution in [0.25, 0.3) is 12.2 Å². The lowest BCUT2D eigenvalue weighted by atomic mass is 10.1. The first-order valence-corrected chi connectivity index (χ1v) is 10.1. The molecule has 1 N–H and O–H groups in total. The van der Waals surface area contributed by atoms with Crippen molar-refractivity contribution in [1.82, 2.24) is 19.6 Å². The Kier molecular flexibility index (Phi) is 5.50. The zero-order valence-electron chi connectivity index (χ0n) is 15.3. The van der Waals surface area contributed by atoms with Crippen LogP contribution in [0.15, 0.2) is 35.2 Å². The van der Waals surface area contributed by atoms with E-state index in [9.17, 15) is 8.42 Å². The summed E-state index contributed by atoms with van der Waals surface area (Å²) in [6.45, 7) is 2.98. The van der Waals surface area contributed by atoms with Gasteiger partial charge in [0, 0.05) is 25.8 Å². The molecule has 1 unspecified atom stereocenters. The summed E-state index contributed by atoms with van der Waals surface area (Å²) in [5, 5.41) is 3.45. The minimum Gasteiger partial charge on any atom is -0.309 e. The molecule has 6 nitrogen and oxygen atoms in total. The summed E-state index contributed by atoms with van der Waals surface area (Å²) in [7, 11) is -0.397. The highest BCUT2D eigenvalue weighted by Gasteiger charge is 2.18. The van der Waals surface area contributed by atoms with Crippen LogP contribution in [0.1, 0.15) is 41.7 Å². The Morgan fingerprint density at radius 2 is 2.00 bits per heavy atom. The quantitative estimate of drug-likeness (QED) is 0.873. The van der Waals surface area contributed by atoms with Crippen LogP contribution in [0, 0.1) is 6.92 Å². The number of rotatable bonds is 5. The number of aromatic nitrogens is 2. The first-order valence-electron chi connectivity index (χ1n) is 8.66. The van der Waals surface area contributed by atoms with E-state index in [0.717, 1.165) is 36.3 Å². The van der Waals surface area contributed by atoms with Crippen LogP contribution in [0.3, 0.4) is 0 Å². The molecule has 0 bridgehead atoms. The van der Waals surface area contributed by atoms with Gasteiger partial charge in [0.15, 0.2) is 5.82 Å². The molecule has 138 valence electrons. The van der Waals surface area contributed by atoms with Gasteiger partial charge < -0.3 is 5.32 Å². The van der Waals surface area contributed by atoms with Crippen molar-refractivity contribution in [3.05, 3.63) is 53.1 Å². The third kappa shape index (κ3) is 4.17. The first kappa shape index (κ1) is 18.7. The molecule has 1 fully saturated rings. The number of sulfonamides is 1. The first-order chi connectivity index (χ1) is 12.4. The van der Waals surface area contributed by atoms with Gasteiger partial charge in [-0.1, -0.05) is 18.2 Å². The van der Waals surface area contributed by atoms with Crippen molar-refractivity contribution in [1.29, 1.82) is 0 Å². The third-order valence-corrected chi connectivity index (χ3v) is 6.18. The van der Waals surface area contributed by atoms with Crippen LogP contribution < -0.4 is 5.32 Å². The second kappa shape index (κ2) is 7.65. The van der Waals surface area contributed by atoms with Gasteiger partial charge in [-0.05, 0) is 56.1 Å². The average Bonchev–Trinajstić information content (AvgIpc) is 3.14. The zero-order valence-corrected chi connectivity index (χ0v) is 16.1. The van der Waals surface area contributed by atoms with Crippen molar-refractivity contribution < 1.29 is 8.42 Å². The molecule has 1 aliphatic heterocycles. The van der Waals surface area contributed by atoms with Gasteiger partial charge in [0.2, 0.25) is 10.0 Å². The van der Waals surface area contributed by atoms with Gasteiger partial charge in [-0.3, -0.25) is 0 Å². The molecule has 0 spiro atoms. The number of hydrogen-bond donors (Lipinski definition) is 1. The summed E-state index contributed by atoms with van der Waals surface area (Å²) < 4.78 is 25.7. The van der Waals surface area contributed by atoms with E-state index in [4.69, 9.17) is 0 Å². The molecule has 0 aliphatic carbocycles.